The molecule has 0 aromatic carbocycles. The minimum atomic E-state index is -1.11. The lowest BCUT2D eigenvalue weighted by Gasteiger charge is -2.28. The van der Waals surface area contributed by atoms with Gasteiger partial charge >= 0.3 is 12.1 Å². The molecular weight excluding hydrogens is 276 g/mol. The third-order valence-corrected chi connectivity index (χ3v) is 3.16. The van der Waals surface area contributed by atoms with Crippen LogP contribution in [0.25, 0.3) is 0 Å². The lowest BCUT2D eigenvalue weighted by Crippen LogP contribution is -2.41. The molecule has 21 heavy (non-hydrogen) atoms. The molecule has 0 radical (unpaired) electrons. The third kappa shape index (κ3) is 3.93. The SMILES string of the molecule is CC(C)(C)OC(=O)N1CCC[C@@H]1Cn1cc(C(=O)O)nn1. The molecule has 1 aromatic rings. The summed E-state index contributed by atoms with van der Waals surface area (Å²) in [6.07, 6.45) is 2.75. The maximum Gasteiger partial charge on any atom is 0.410 e. The maximum atomic E-state index is 12.1. The van der Waals surface area contributed by atoms with Crippen LogP contribution in [-0.4, -0.2) is 55.3 Å². The van der Waals surface area contributed by atoms with Gasteiger partial charge in [0.25, 0.3) is 0 Å². The smallest absolute Gasteiger partial charge is 0.410 e. The highest BCUT2D eigenvalue weighted by molar-refractivity contribution is 5.84. The van der Waals surface area contributed by atoms with Crippen LogP contribution in [0.3, 0.4) is 0 Å². The van der Waals surface area contributed by atoms with Gasteiger partial charge in [-0.25, -0.2) is 14.3 Å². The Hall–Kier alpha value is -2.12. The van der Waals surface area contributed by atoms with Crippen LogP contribution in [0.2, 0.25) is 0 Å². The Kier molecular flexibility index (Phi) is 4.15. The Bertz CT molecular complexity index is 535. The van der Waals surface area contributed by atoms with Gasteiger partial charge in [0.05, 0.1) is 18.8 Å². The van der Waals surface area contributed by atoms with Gasteiger partial charge in [-0.2, -0.15) is 0 Å². The molecule has 1 atom stereocenters. The molecule has 1 aromatic heterocycles. The van der Waals surface area contributed by atoms with Gasteiger partial charge in [-0.05, 0) is 33.6 Å². The summed E-state index contributed by atoms with van der Waals surface area (Å²) in [5.41, 5.74) is -0.634. The first kappa shape index (κ1) is 15.3. The summed E-state index contributed by atoms with van der Waals surface area (Å²) in [6, 6.07) is -0.0526. The van der Waals surface area contributed by atoms with Crippen LogP contribution >= 0.6 is 0 Å². The fourth-order valence-electron chi connectivity index (χ4n) is 2.29. The average Bonchev–Trinajstić information content (AvgIpc) is 2.96. The van der Waals surface area contributed by atoms with Crippen LogP contribution in [0.1, 0.15) is 44.1 Å². The van der Waals surface area contributed by atoms with E-state index in [1.807, 2.05) is 20.8 Å². The second-order valence-electron chi connectivity index (χ2n) is 6.10. The minimum absolute atomic E-state index is 0.0526. The van der Waals surface area contributed by atoms with Gasteiger partial charge in [0.1, 0.15) is 5.60 Å². The van der Waals surface area contributed by atoms with E-state index in [9.17, 15) is 9.59 Å². The first-order chi connectivity index (χ1) is 9.76. The predicted octanol–water partition coefficient (Wildman–Crippen LogP) is 1.38. The second kappa shape index (κ2) is 5.71. The van der Waals surface area contributed by atoms with Crippen molar-refractivity contribution < 1.29 is 19.4 Å². The van der Waals surface area contributed by atoms with Crippen molar-refractivity contribution in [3.63, 3.8) is 0 Å². The molecule has 116 valence electrons. The summed E-state index contributed by atoms with van der Waals surface area (Å²) >= 11 is 0. The standard InChI is InChI=1S/C13H20N4O4/c1-13(2,3)21-12(20)17-6-4-5-9(17)7-16-8-10(11(18)19)14-15-16/h8-9H,4-7H2,1-3H3,(H,18,19)/t9-/m1/s1. The van der Waals surface area contributed by atoms with Crippen molar-refractivity contribution in [1.82, 2.24) is 19.9 Å². The zero-order valence-corrected chi connectivity index (χ0v) is 12.4. The molecule has 0 unspecified atom stereocenters. The Morgan fingerprint density at radius 1 is 1.48 bits per heavy atom. The van der Waals surface area contributed by atoms with E-state index in [0.29, 0.717) is 13.1 Å². The van der Waals surface area contributed by atoms with E-state index in [1.54, 1.807) is 4.90 Å². The number of hydrogen-bond acceptors (Lipinski definition) is 5. The molecule has 8 heteroatoms. The van der Waals surface area contributed by atoms with Crippen molar-refractivity contribution in [2.45, 2.75) is 51.8 Å². The molecule has 2 heterocycles. The number of likely N-dealkylation sites (tertiary alicyclic amines) is 1. The summed E-state index contributed by atoms with van der Waals surface area (Å²) in [5.74, 6) is -1.11. The number of aromatic carboxylic acids is 1. The Morgan fingerprint density at radius 2 is 2.19 bits per heavy atom. The normalized spacial score (nSPS) is 18.8. The molecule has 1 aliphatic heterocycles. The van der Waals surface area contributed by atoms with Crippen molar-refractivity contribution in [3.8, 4) is 0 Å². The molecule has 1 fully saturated rings. The van der Waals surface area contributed by atoms with Crippen LogP contribution in [0.15, 0.2) is 6.20 Å². The monoisotopic (exact) mass is 296 g/mol. The van der Waals surface area contributed by atoms with Gasteiger partial charge in [0.2, 0.25) is 0 Å². The van der Waals surface area contributed by atoms with E-state index in [4.69, 9.17) is 9.84 Å². The van der Waals surface area contributed by atoms with Gasteiger partial charge in [-0.1, -0.05) is 5.21 Å². The predicted molar refractivity (Wildman–Crippen MR) is 72.9 cm³/mol. The number of rotatable bonds is 3. The zero-order valence-electron chi connectivity index (χ0n) is 12.4. The molecule has 0 spiro atoms. The third-order valence-electron chi connectivity index (χ3n) is 3.16. The molecule has 2 rings (SSSR count). The number of carbonyl (C=O) groups is 2. The van der Waals surface area contributed by atoms with E-state index in [-0.39, 0.29) is 17.8 Å². The van der Waals surface area contributed by atoms with Crippen molar-refractivity contribution >= 4 is 12.1 Å². The number of hydrogen-bond donors (Lipinski definition) is 1. The van der Waals surface area contributed by atoms with Crippen LogP contribution in [0.5, 0.6) is 0 Å². The van der Waals surface area contributed by atoms with Crippen molar-refractivity contribution in [1.29, 1.82) is 0 Å². The summed E-state index contributed by atoms with van der Waals surface area (Å²) in [6.45, 7) is 6.53. The molecule has 0 saturated carbocycles. The Balaban J connectivity index is 2.01. The fraction of sp³-hybridized carbons (Fsp3) is 0.692. The molecule has 1 saturated heterocycles. The summed E-state index contributed by atoms with van der Waals surface area (Å²) in [4.78, 5) is 24.6. The summed E-state index contributed by atoms with van der Waals surface area (Å²) in [7, 11) is 0. The summed E-state index contributed by atoms with van der Waals surface area (Å²) in [5, 5.41) is 16.2. The summed E-state index contributed by atoms with van der Waals surface area (Å²) < 4.78 is 6.84. The molecule has 0 bridgehead atoms. The minimum Gasteiger partial charge on any atom is -0.476 e. The van der Waals surface area contributed by atoms with Crippen molar-refractivity contribution in [2.75, 3.05) is 6.54 Å². The van der Waals surface area contributed by atoms with E-state index in [0.717, 1.165) is 12.8 Å². The second-order valence-corrected chi connectivity index (χ2v) is 6.10. The Morgan fingerprint density at radius 3 is 2.76 bits per heavy atom. The average molecular weight is 296 g/mol. The maximum absolute atomic E-state index is 12.1. The van der Waals surface area contributed by atoms with E-state index >= 15 is 0 Å². The molecule has 0 aliphatic carbocycles. The molecule has 1 aliphatic rings. The van der Waals surface area contributed by atoms with E-state index in [1.165, 1.54) is 10.9 Å². The number of amides is 1. The number of carbonyl (C=O) groups excluding carboxylic acids is 1. The molecule has 1 N–H and O–H groups in total. The van der Waals surface area contributed by atoms with Crippen LogP contribution in [0.4, 0.5) is 4.79 Å². The highest BCUT2D eigenvalue weighted by Crippen LogP contribution is 2.21. The quantitative estimate of drug-likeness (QED) is 0.904. The first-order valence-corrected chi connectivity index (χ1v) is 6.89. The number of ether oxygens (including phenoxy) is 1. The van der Waals surface area contributed by atoms with Crippen LogP contribution in [0, 0.1) is 0 Å². The lowest BCUT2D eigenvalue weighted by atomic mass is 10.2. The van der Waals surface area contributed by atoms with E-state index in [2.05, 4.69) is 10.3 Å². The Labute approximate surface area is 122 Å². The first-order valence-electron chi connectivity index (χ1n) is 6.89. The number of carboxylic acids is 1. The number of aromatic nitrogens is 3. The van der Waals surface area contributed by atoms with Gasteiger partial charge in [-0.3, -0.25) is 0 Å². The zero-order chi connectivity index (χ0) is 15.6. The van der Waals surface area contributed by atoms with Gasteiger partial charge < -0.3 is 14.7 Å². The highest BCUT2D eigenvalue weighted by atomic mass is 16.6. The molecule has 8 nitrogen and oxygen atoms in total. The van der Waals surface area contributed by atoms with Gasteiger partial charge in [-0.15, -0.1) is 5.10 Å². The van der Waals surface area contributed by atoms with Crippen LogP contribution < -0.4 is 0 Å². The largest absolute Gasteiger partial charge is 0.476 e. The number of carboxylic acid groups (broad SMARTS) is 1. The van der Waals surface area contributed by atoms with Gasteiger partial charge in [0, 0.05) is 6.54 Å². The molecule has 1 amide bonds. The topological polar surface area (TPSA) is 97.5 Å². The fourth-order valence-corrected chi connectivity index (χ4v) is 2.29. The van der Waals surface area contributed by atoms with Crippen molar-refractivity contribution in [3.05, 3.63) is 11.9 Å². The highest BCUT2D eigenvalue weighted by Gasteiger charge is 2.32. The van der Waals surface area contributed by atoms with Crippen LogP contribution in [-0.2, 0) is 11.3 Å². The van der Waals surface area contributed by atoms with Gasteiger partial charge in [0.15, 0.2) is 5.69 Å². The van der Waals surface area contributed by atoms with E-state index < -0.39 is 11.6 Å². The molecular formula is C13H20N4O4. The number of nitrogens with zero attached hydrogens (tertiary/aromatic N) is 4. The lowest BCUT2D eigenvalue weighted by molar-refractivity contribution is 0.0211. The van der Waals surface area contributed by atoms with Crippen molar-refractivity contribution in [2.24, 2.45) is 0 Å².